The Labute approximate surface area is 143 Å². The molecule has 1 aromatic heterocycles. The average Bonchev–Trinajstić information content (AvgIpc) is 3.15. The second-order valence-corrected chi connectivity index (χ2v) is 6.75. The fourth-order valence-corrected chi connectivity index (χ4v) is 3.69. The zero-order valence-corrected chi connectivity index (χ0v) is 14.9. The van der Waals surface area contributed by atoms with Gasteiger partial charge in [-0.3, -0.25) is 9.48 Å². The van der Waals surface area contributed by atoms with E-state index in [1.807, 2.05) is 31.3 Å². The lowest BCUT2D eigenvalue weighted by molar-refractivity contribution is -0.122. The molecule has 1 aromatic carbocycles. The molecule has 0 spiro atoms. The Bertz CT molecular complexity index is 716. The summed E-state index contributed by atoms with van der Waals surface area (Å²) in [6.45, 7) is 8.41. The SMILES string of the molecule is CCN(C(=O)[C@H]1CNC[C@@H]1c1cnn(C)c1)c1cc(C)cc(C)c1. The van der Waals surface area contributed by atoms with Crippen LogP contribution in [0.15, 0.2) is 30.6 Å². The van der Waals surface area contributed by atoms with Crippen molar-refractivity contribution in [2.45, 2.75) is 26.7 Å². The molecule has 2 aromatic rings. The van der Waals surface area contributed by atoms with E-state index in [9.17, 15) is 4.79 Å². The standard InChI is InChI=1S/C19H26N4O/c1-5-23(16-7-13(2)6-14(3)8-16)19(24)18-11-20-10-17(18)15-9-21-22(4)12-15/h6-9,12,17-18,20H,5,10-11H2,1-4H3/t17-,18+/m1/s1. The van der Waals surface area contributed by atoms with E-state index in [4.69, 9.17) is 0 Å². The number of nitrogens with zero attached hydrogens (tertiary/aromatic N) is 3. The van der Waals surface area contributed by atoms with E-state index in [0.29, 0.717) is 6.54 Å². The lowest BCUT2D eigenvalue weighted by atomic mass is 9.89. The molecule has 1 amide bonds. The second-order valence-electron chi connectivity index (χ2n) is 6.75. The summed E-state index contributed by atoms with van der Waals surface area (Å²) in [7, 11) is 1.91. The number of anilines is 1. The molecule has 0 saturated carbocycles. The van der Waals surface area contributed by atoms with Gasteiger partial charge in [-0.05, 0) is 49.6 Å². The quantitative estimate of drug-likeness (QED) is 0.938. The van der Waals surface area contributed by atoms with Crippen LogP contribution in [0.1, 0.15) is 29.5 Å². The molecule has 128 valence electrons. The van der Waals surface area contributed by atoms with Crippen LogP contribution in [0.2, 0.25) is 0 Å². The van der Waals surface area contributed by atoms with Crippen molar-refractivity contribution in [2.75, 3.05) is 24.5 Å². The summed E-state index contributed by atoms with van der Waals surface area (Å²) in [4.78, 5) is 15.2. The number of aromatic nitrogens is 2. The highest BCUT2D eigenvalue weighted by Gasteiger charge is 2.37. The Hall–Kier alpha value is -2.14. The molecule has 24 heavy (non-hydrogen) atoms. The van der Waals surface area contributed by atoms with Gasteiger partial charge >= 0.3 is 0 Å². The molecule has 1 aliphatic rings. The van der Waals surface area contributed by atoms with Crippen LogP contribution in [0.4, 0.5) is 5.69 Å². The fraction of sp³-hybridized carbons (Fsp3) is 0.474. The van der Waals surface area contributed by atoms with Gasteiger partial charge in [0.25, 0.3) is 0 Å². The van der Waals surface area contributed by atoms with Crippen LogP contribution in [-0.4, -0.2) is 35.3 Å². The van der Waals surface area contributed by atoms with E-state index in [0.717, 1.165) is 24.3 Å². The van der Waals surface area contributed by atoms with Crippen molar-refractivity contribution in [3.05, 3.63) is 47.3 Å². The van der Waals surface area contributed by atoms with Gasteiger partial charge < -0.3 is 10.2 Å². The molecule has 0 aliphatic carbocycles. The zero-order valence-electron chi connectivity index (χ0n) is 14.9. The smallest absolute Gasteiger partial charge is 0.232 e. The first-order valence-electron chi connectivity index (χ1n) is 8.58. The van der Waals surface area contributed by atoms with Crippen LogP contribution in [-0.2, 0) is 11.8 Å². The topological polar surface area (TPSA) is 50.2 Å². The van der Waals surface area contributed by atoms with Crippen molar-refractivity contribution < 1.29 is 4.79 Å². The maximum atomic E-state index is 13.2. The van der Waals surface area contributed by atoms with Crippen molar-refractivity contribution in [1.29, 1.82) is 0 Å². The highest BCUT2D eigenvalue weighted by molar-refractivity contribution is 5.96. The highest BCUT2D eigenvalue weighted by atomic mass is 16.2. The lowest BCUT2D eigenvalue weighted by Gasteiger charge is -2.27. The van der Waals surface area contributed by atoms with Crippen LogP contribution >= 0.6 is 0 Å². The lowest BCUT2D eigenvalue weighted by Crippen LogP contribution is -2.39. The molecule has 0 radical (unpaired) electrons. The van der Waals surface area contributed by atoms with Gasteiger partial charge in [0.05, 0.1) is 12.1 Å². The number of nitrogens with one attached hydrogen (secondary N) is 1. The summed E-state index contributed by atoms with van der Waals surface area (Å²) in [5.41, 5.74) is 4.50. The summed E-state index contributed by atoms with van der Waals surface area (Å²) >= 11 is 0. The van der Waals surface area contributed by atoms with Crippen molar-refractivity contribution in [3.8, 4) is 0 Å². The number of amides is 1. The van der Waals surface area contributed by atoms with Crippen LogP contribution in [0.3, 0.4) is 0 Å². The number of aryl methyl sites for hydroxylation is 3. The molecule has 5 heteroatoms. The third-order valence-corrected chi connectivity index (χ3v) is 4.78. The van der Waals surface area contributed by atoms with Crippen LogP contribution in [0.25, 0.3) is 0 Å². The number of rotatable bonds is 4. The molecule has 3 rings (SSSR count). The molecule has 5 nitrogen and oxygen atoms in total. The number of hydrogen-bond acceptors (Lipinski definition) is 3. The van der Waals surface area contributed by atoms with Crippen molar-refractivity contribution in [2.24, 2.45) is 13.0 Å². The Morgan fingerprint density at radius 1 is 1.29 bits per heavy atom. The fourth-order valence-electron chi connectivity index (χ4n) is 3.69. The summed E-state index contributed by atoms with van der Waals surface area (Å²) < 4.78 is 1.80. The van der Waals surface area contributed by atoms with Gasteiger partial charge in [-0.2, -0.15) is 5.10 Å². The van der Waals surface area contributed by atoms with Crippen LogP contribution in [0, 0.1) is 19.8 Å². The average molecular weight is 326 g/mol. The van der Waals surface area contributed by atoms with Crippen LogP contribution in [0.5, 0.6) is 0 Å². The van der Waals surface area contributed by atoms with E-state index in [-0.39, 0.29) is 17.7 Å². The minimum absolute atomic E-state index is 0.0463. The molecule has 1 aliphatic heterocycles. The van der Waals surface area contributed by atoms with Crippen molar-refractivity contribution in [1.82, 2.24) is 15.1 Å². The maximum absolute atomic E-state index is 13.2. The molecular weight excluding hydrogens is 300 g/mol. The van der Waals surface area contributed by atoms with E-state index in [1.165, 1.54) is 11.1 Å². The Kier molecular flexibility index (Phi) is 4.71. The molecule has 1 N–H and O–H groups in total. The van der Waals surface area contributed by atoms with Crippen LogP contribution < -0.4 is 10.2 Å². The van der Waals surface area contributed by atoms with Crippen molar-refractivity contribution in [3.63, 3.8) is 0 Å². The van der Waals surface area contributed by atoms with E-state index in [2.05, 4.69) is 42.5 Å². The van der Waals surface area contributed by atoms with E-state index >= 15 is 0 Å². The third kappa shape index (κ3) is 3.22. The second kappa shape index (κ2) is 6.77. The highest BCUT2D eigenvalue weighted by Crippen LogP contribution is 2.31. The maximum Gasteiger partial charge on any atom is 0.232 e. The number of carbonyl (C=O) groups excluding carboxylic acids is 1. The zero-order chi connectivity index (χ0) is 17.3. The molecule has 2 atom stereocenters. The van der Waals surface area contributed by atoms with Gasteiger partial charge in [0.2, 0.25) is 5.91 Å². The first kappa shape index (κ1) is 16.7. The first-order chi connectivity index (χ1) is 11.5. The molecule has 2 heterocycles. The largest absolute Gasteiger partial charge is 0.315 e. The van der Waals surface area contributed by atoms with Crippen molar-refractivity contribution >= 4 is 11.6 Å². The Morgan fingerprint density at radius 3 is 2.58 bits per heavy atom. The minimum Gasteiger partial charge on any atom is -0.315 e. The summed E-state index contributed by atoms with van der Waals surface area (Å²) in [6.07, 6.45) is 3.90. The summed E-state index contributed by atoms with van der Waals surface area (Å²) in [6, 6.07) is 6.32. The minimum atomic E-state index is -0.0463. The van der Waals surface area contributed by atoms with Gasteiger partial charge in [0.15, 0.2) is 0 Å². The van der Waals surface area contributed by atoms with Gasteiger partial charge in [-0.1, -0.05) is 6.07 Å². The first-order valence-corrected chi connectivity index (χ1v) is 8.58. The summed E-state index contributed by atoms with van der Waals surface area (Å²) in [5.74, 6) is 0.336. The monoisotopic (exact) mass is 326 g/mol. The van der Waals surface area contributed by atoms with E-state index < -0.39 is 0 Å². The predicted octanol–water partition coefficient (Wildman–Crippen LogP) is 2.39. The predicted molar refractivity (Wildman–Crippen MR) is 96.3 cm³/mol. The number of hydrogen-bond donors (Lipinski definition) is 1. The van der Waals surface area contributed by atoms with E-state index in [1.54, 1.807) is 4.68 Å². The molecule has 1 fully saturated rings. The molecule has 1 saturated heterocycles. The van der Waals surface area contributed by atoms with Gasteiger partial charge in [-0.15, -0.1) is 0 Å². The molecule has 0 bridgehead atoms. The summed E-state index contributed by atoms with van der Waals surface area (Å²) in [5, 5.41) is 7.65. The normalized spacial score (nSPS) is 20.3. The third-order valence-electron chi connectivity index (χ3n) is 4.78. The Balaban J connectivity index is 1.87. The van der Waals surface area contributed by atoms with Gasteiger partial charge in [0, 0.05) is 44.5 Å². The number of carbonyl (C=O) groups is 1. The Morgan fingerprint density at radius 2 is 2.00 bits per heavy atom. The molecule has 0 unspecified atom stereocenters. The van der Waals surface area contributed by atoms with Gasteiger partial charge in [-0.25, -0.2) is 0 Å². The van der Waals surface area contributed by atoms with Gasteiger partial charge in [0.1, 0.15) is 0 Å². The number of benzene rings is 1. The molecular formula is C19H26N4O.